The highest BCUT2D eigenvalue weighted by Crippen LogP contribution is 2.38. The first-order chi connectivity index (χ1) is 10.2. The van der Waals surface area contributed by atoms with Crippen LogP contribution in [0.3, 0.4) is 0 Å². The SMILES string of the molecule is CC1CCCCC12NC(=O)N(CC(=O)NCC(C)(C)N)C2=O.Cl. The minimum absolute atomic E-state index is 0. The lowest BCUT2D eigenvalue weighted by Crippen LogP contribution is -2.54. The fourth-order valence-electron chi connectivity index (χ4n) is 3.16. The van der Waals surface area contributed by atoms with Crippen molar-refractivity contribution in [3.8, 4) is 0 Å². The van der Waals surface area contributed by atoms with Crippen molar-refractivity contribution in [2.75, 3.05) is 13.1 Å². The summed E-state index contributed by atoms with van der Waals surface area (Å²) < 4.78 is 0. The number of hydrogen-bond donors (Lipinski definition) is 3. The number of hydrogen-bond acceptors (Lipinski definition) is 4. The van der Waals surface area contributed by atoms with E-state index in [1.807, 2.05) is 6.92 Å². The maximum absolute atomic E-state index is 12.7. The molecule has 1 spiro atoms. The number of rotatable bonds is 4. The third-order valence-electron chi connectivity index (χ3n) is 4.54. The molecule has 1 saturated heterocycles. The number of carbonyl (C=O) groups is 3. The van der Waals surface area contributed by atoms with E-state index in [0.717, 1.165) is 24.2 Å². The molecule has 0 radical (unpaired) electrons. The van der Waals surface area contributed by atoms with E-state index in [9.17, 15) is 14.4 Å². The van der Waals surface area contributed by atoms with Crippen LogP contribution in [0.1, 0.15) is 46.5 Å². The van der Waals surface area contributed by atoms with Gasteiger partial charge in [-0.1, -0.05) is 19.8 Å². The molecule has 2 fully saturated rings. The number of amides is 4. The van der Waals surface area contributed by atoms with Crippen LogP contribution in [-0.4, -0.2) is 46.9 Å². The van der Waals surface area contributed by atoms with Crippen LogP contribution >= 0.6 is 12.4 Å². The van der Waals surface area contributed by atoms with Crippen LogP contribution in [0.2, 0.25) is 0 Å². The van der Waals surface area contributed by atoms with Crippen LogP contribution < -0.4 is 16.4 Å². The minimum Gasteiger partial charge on any atom is -0.353 e. The number of nitrogens with one attached hydrogen (secondary N) is 2. The Labute approximate surface area is 143 Å². The van der Waals surface area contributed by atoms with Crippen LogP contribution in [0.5, 0.6) is 0 Å². The van der Waals surface area contributed by atoms with Gasteiger partial charge in [0.25, 0.3) is 5.91 Å². The van der Waals surface area contributed by atoms with E-state index in [4.69, 9.17) is 5.73 Å². The van der Waals surface area contributed by atoms with Crippen molar-refractivity contribution in [3.05, 3.63) is 0 Å². The standard InChI is InChI=1S/C15H26N4O3.ClH/c1-10-6-4-5-7-15(10)12(21)19(13(22)18-15)8-11(20)17-9-14(2,3)16;/h10H,4-9,16H2,1-3H3,(H,17,20)(H,18,22);1H. The lowest BCUT2D eigenvalue weighted by Gasteiger charge is -2.36. The first kappa shape index (κ1) is 19.7. The van der Waals surface area contributed by atoms with Crippen molar-refractivity contribution in [1.82, 2.24) is 15.5 Å². The molecule has 2 rings (SSSR count). The largest absolute Gasteiger partial charge is 0.353 e. The zero-order valence-electron chi connectivity index (χ0n) is 14.0. The smallest absolute Gasteiger partial charge is 0.325 e. The molecule has 1 heterocycles. The lowest BCUT2D eigenvalue weighted by atomic mass is 9.73. The molecule has 23 heavy (non-hydrogen) atoms. The Morgan fingerprint density at radius 3 is 2.65 bits per heavy atom. The van der Waals surface area contributed by atoms with Gasteiger partial charge in [-0.2, -0.15) is 0 Å². The summed E-state index contributed by atoms with van der Waals surface area (Å²) in [6.45, 7) is 5.60. The fourth-order valence-corrected chi connectivity index (χ4v) is 3.16. The molecule has 2 atom stereocenters. The summed E-state index contributed by atoms with van der Waals surface area (Å²) in [7, 11) is 0. The first-order valence-electron chi connectivity index (χ1n) is 7.85. The first-order valence-corrected chi connectivity index (χ1v) is 7.85. The number of urea groups is 1. The summed E-state index contributed by atoms with van der Waals surface area (Å²) in [5.74, 6) is -0.553. The summed E-state index contributed by atoms with van der Waals surface area (Å²) >= 11 is 0. The topological polar surface area (TPSA) is 105 Å². The van der Waals surface area contributed by atoms with Crippen molar-refractivity contribution in [2.24, 2.45) is 11.7 Å². The molecule has 0 aromatic carbocycles. The van der Waals surface area contributed by atoms with Gasteiger partial charge in [-0.3, -0.25) is 14.5 Å². The highest BCUT2D eigenvalue weighted by molar-refractivity contribution is 6.09. The van der Waals surface area contributed by atoms with Gasteiger partial charge in [0, 0.05) is 12.1 Å². The van der Waals surface area contributed by atoms with Crippen molar-refractivity contribution in [2.45, 2.75) is 57.5 Å². The molecule has 2 unspecified atom stereocenters. The Balaban J connectivity index is 0.00000264. The Bertz CT molecular complexity index is 492. The number of nitrogens with two attached hydrogens (primary N) is 1. The Morgan fingerprint density at radius 2 is 2.09 bits per heavy atom. The fraction of sp³-hybridized carbons (Fsp3) is 0.800. The summed E-state index contributed by atoms with van der Waals surface area (Å²) in [6, 6.07) is -0.471. The van der Waals surface area contributed by atoms with Crippen LogP contribution in [0.25, 0.3) is 0 Å². The summed E-state index contributed by atoms with van der Waals surface area (Å²) in [5, 5.41) is 5.48. The van der Waals surface area contributed by atoms with Gasteiger partial charge in [-0.25, -0.2) is 4.79 Å². The molecule has 8 heteroatoms. The summed E-state index contributed by atoms with van der Waals surface area (Å²) in [6.07, 6.45) is 3.54. The molecule has 4 amide bonds. The number of nitrogens with zero attached hydrogens (tertiary/aromatic N) is 1. The molecular formula is C15H27ClN4O3. The quantitative estimate of drug-likeness (QED) is 0.654. The van der Waals surface area contributed by atoms with Crippen LogP contribution in [0.15, 0.2) is 0 Å². The van der Waals surface area contributed by atoms with Gasteiger partial charge in [0.15, 0.2) is 0 Å². The van der Waals surface area contributed by atoms with E-state index in [1.165, 1.54) is 0 Å². The van der Waals surface area contributed by atoms with Gasteiger partial charge in [-0.15, -0.1) is 12.4 Å². The second-order valence-electron chi connectivity index (χ2n) is 7.20. The molecule has 0 aromatic heterocycles. The van der Waals surface area contributed by atoms with Gasteiger partial charge < -0.3 is 16.4 Å². The van der Waals surface area contributed by atoms with Crippen molar-refractivity contribution < 1.29 is 14.4 Å². The molecule has 132 valence electrons. The molecule has 4 N–H and O–H groups in total. The predicted molar refractivity (Wildman–Crippen MR) is 89.1 cm³/mol. The average molecular weight is 347 g/mol. The monoisotopic (exact) mass is 346 g/mol. The van der Waals surface area contributed by atoms with Gasteiger partial charge in [0.05, 0.1) is 0 Å². The highest BCUT2D eigenvalue weighted by atomic mass is 35.5. The van der Waals surface area contributed by atoms with Gasteiger partial charge in [0.1, 0.15) is 12.1 Å². The van der Waals surface area contributed by atoms with E-state index in [2.05, 4.69) is 10.6 Å². The Morgan fingerprint density at radius 1 is 1.43 bits per heavy atom. The van der Waals surface area contributed by atoms with Crippen molar-refractivity contribution in [1.29, 1.82) is 0 Å². The highest BCUT2D eigenvalue weighted by Gasteiger charge is 2.55. The molecule has 0 aromatic rings. The normalized spacial score (nSPS) is 27.7. The van der Waals surface area contributed by atoms with Gasteiger partial charge in [0.2, 0.25) is 5.91 Å². The average Bonchev–Trinajstić information content (AvgIpc) is 2.65. The van der Waals surface area contributed by atoms with Crippen LogP contribution in [-0.2, 0) is 9.59 Å². The van der Waals surface area contributed by atoms with Crippen molar-refractivity contribution >= 4 is 30.3 Å². The van der Waals surface area contributed by atoms with Gasteiger partial charge >= 0.3 is 6.03 Å². The molecule has 0 bridgehead atoms. The van der Waals surface area contributed by atoms with E-state index in [1.54, 1.807) is 13.8 Å². The van der Waals surface area contributed by atoms with Crippen molar-refractivity contribution in [3.63, 3.8) is 0 Å². The molecule has 1 aliphatic heterocycles. The zero-order valence-corrected chi connectivity index (χ0v) is 14.8. The lowest BCUT2D eigenvalue weighted by molar-refractivity contribution is -0.137. The second kappa shape index (κ2) is 7.05. The Kier molecular flexibility index (Phi) is 6.04. The van der Waals surface area contributed by atoms with Gasteiger partial charge in [-0.05, 0) is 32.6 Å². The van der Waals surface area contributed by atoms with E-state index >= 15 is 0 Å². The number of carbonyl (C=O) groups excluding carboxylic acids is 3. The minimum atomic E-state index is -0.817. The predicted octanol–water partition coefficient (Wildman–Crippen LogP) is 0.762. The van der Waals surface area contributed by atoms with E-state index in [-0.39, 0.29) is 43.2 Å². The van der Waals surface area contributed by atoms with E-state index < -0.39 is 17.1 Å². The maximum Gasteiger partial charge on any atom is 0.325 e. The second-order valence-corrected chi connectivity index (χ2v) is 7.20. The Hall–Kier alpha value is -1.34. The number of halogens is 1. The summed E-state index contributed by atoms with van der Waals surface area (Å²) in [4.78, 5) is 37.8. The molecule has 1 aliphatic carbocycles. The molecule has 2 aliphatic rings. The third-order valence-corrected chi connectivity index (χ3v) is 4.54. The number of imide groups is 1. The maximum atomic E-state index is 12.7. The summed E-state index contributed by atoms with van der Waals surface area (Å²) in [5.41, 5.74) is 4.45. The van der Waals surface area contributed by atoms with E-state index in [0.29, 0.717) is 6.42 Å². The molecule has 7 nitrogen and oxygen atoms in total. The molecular weight excluding hydrogens is 320 g/mol. The molecule has 1 saturated carbocycles. The van der Waals surface area contributed by atoms with Crippen LogP contribution in [0, 0.1) is 5.92 Å². The third kappa shape index (κ3) is 4.14. The zero-order chi connectivity index (χ0) is 16.5. The van der Waals surface area contributed by atoms with Crippen LogP contribution in [0.4, 0.5) is 4.79 Å².